The van der Waals surface area contributed by atoms with Crippen LogP contribution in [0.3, 0.4) is 0 Å². The van der Waals surface area contributed by atoms with Gasteiger partial charge in [-0.2, -0.15) is 0 Å². The van der Waals surface area contributed by atoms with Crippen LogP contribution < -0.4 is 4.90 Å². The Morgan fingerprint density at radius 1 is 1.30 bits per heavy atom. The molecule has 1 amide bonds. The lowest BCUT2D eigenvalue weighted by Crippen LogP contribution is -2.51. The number of thiophene rings is 1. The molecule has 1 aromatic heterocycles. The molecule has 0 bridgehead atoms. The van der Waals surface area contributed by atoms with Crippen molar-refractivity contribution in [1.82, 2.24) is 0 Å². The van der Waals surface area contributed by atoms with E-state index in [1.54, 1.807) is 0 Å². The van der Waals surface area contributed by atoms with Crippen LogP contribution in [0.25, 0.3) is 5.57 Å². The lowest BCUT2D eigenvalue weighted by atomic mass is 9.78. The summed E-state index contributed by atoms with van der Waals surface area (Å²) in [4.78, 5) is 30.2. The lowest BCUT2D eigenvalue weighted by Gasteiger charge is -2.42. The second kappa shape index (κ2) is 11.8. The standard InChI is InChI=1S/C29H41NO6S/c1-18(2)25-15-24(26(37-25)28(32)34-5)30(27(31)23-7-6-19(3)14-20(23)4)21-8-11-29(33,12-9-21)17-36-22-10-13-35-16-22/h6,15,20-23,33H,1,7-14,16-17H2,2-5H3/t20-,21-,22-,23-,29+/m0/s1. The van der Waals surface area contributed by atoms with Gasteiger partial charge in [-0.25, -0.2) is 4.79 Å². The van der Waals surface area contributed by atoms with Crippen LogP contribution in [0.15, 0.2) is 24.3 Å². The first-order valence-electron chi connectivity index (χ1n) is 13.4. The van der Waals surface area contributed by atoms with Crippen molar-refractivity contribution in [2.75, 3.05) is 31.8 Å². The summed E-state index contributed by atoms with van der Waals surface area (Å²) in [5.41, 5.74) is 1.83. The summed E-state index contributed by atoms with van der Waals surface area (Å²) in [7, 11) is 1.37. The molecule has 0 aromatic carbocycles. The Labute approximate surface area is 224 Å². The SMILES string of the molecule is C=C(C)c1cc(N(C(=O)[C@H]2CC=C(C)C[C@@H]2C)[C@H]2CC[C@](O)(CO[C@H]3CCOC3)CC2)c(C(=O)OC)s1. The highest BCUT2D eigenvalue weighted by Gasteiger charge is 2.42. The Kier molecular flexibility index (Phi) is 8.94. The average molecular weight is 532 g/mol. The van der Waals surface area contributed by atoms with Crippen LogP contribution >= 0.6 is 11.3 Å². The van der Waals surface area contributed by atoms with E-state index in [1.165, 1.54) is 24.0 Å². The van der Waals surface area contributed by atoms with E-state index in [0.29, 0.717) is 55.9 Å². The summed E-state index contributed by atoms with van der Waals surface area (Å²) in [5, 5.41) is 11.3. The van der Waals surface area contributed by atoms with Gasteiger partial charge in [-0.3, -0.25) is 4.79 Å². The van der Waals surface area contributed by atoms with Gasteiger partial charge in [0.05, 0.1) is 37.7 Å². The fourth-order valence-corrected chi connectivity index (χ4v) is 6.77. The molecular formula is C29H41NO6S. The quantitative estimate of drug-likeness (QED) is 0.359. The van der Waals surface area contributed by atoms with Gasteiger partial charge in [-0.1, -0.05) is 25.2 Å². The Morgan fingerprint density at radius 2 is 2.03 bits per heavy atom. The Balaban J connectivity index is 1.61. The zero-order valence-electron chi connectivity index (χ0n) is 22.6. The van der Waals surface area contributed by atoms with E-state index in [9.17, 15) is 14.7 Å². The average Bonchev–Trinajstić information content (AvgIpc) is 3.54. The normalized spacial score (nSPS) is 30.0. The van der Waals surface area contributed by atoms with Crippen molar-refractivity contribution < 1.29 is 28.9 Å². The van der Waals surface area contributed by atoms with Crippen molar-refractivity contribution >= 4 is 34.5 Å². The number of amides is 1. The molecule has 4 rings (SSSR count). The minimum Gasteiger partial charge on any atom is -0.465 e. The molecule has 2 fully saturated rings. The van der Waals surface area contributed by atoms with Gasteiger partial charge < -0.3 is 24.2 Å². The number of methoxy groups -OCH3 is 1. The Hall–Kier alpha value is -2.00. The van der Waals surface area contributed by atoms with Gasteiger partial charge in [-0.05, 0) is 76.4 Å². The highest BCUT2D eigenvalue weighted by molar-refractivity contribution is 7.15. The first-order chi connectivity index (χ1) is 17.6. The summed E-state index contributed by atoms with van der Waals surface area (Å²) >= 11 is 1.32. The van der Waals surface area contributed by atoms with E-state index in [-0.39, 0.29) is 36.5 Å². The zero-order chi connectivity index (χ0) is 26.7. The van der Waals surface area contributed by atoms with Gasteiger partial charge in [0, 0.05) is 23.4 Å². The second-order valence-electron chi connectivity index (χ2n) is 11.1. The lowest BCUT2D eigenvalue weighted by molar-refractivity contribution is -0.125. The predicted molar refractivity (Wildman–Crippen MR) is 146 cm³/mol. The number of hydrogen-bond acceptors (Lipinski definition) is 7. The van der Waals surface area contributed by atoms with E-state index in [1.807, 2.05) is 17.9 Å². The van der Waals surface area contributed by atoms with Crippen LogP contribution in [-0.4, -0.2) is 61.7 Å². The van der Waals surface area contributed by atoms with Gasteiger partial charge in [-0.15, -0.1) is 11.3 Å². The summed E-state index contributed by atoms with van der Waals surface area (Å²) in [6, 6.07) is 1.79. The molecule has 2 aliphatic carbocycles. The number of nitrogens with zero attached hydrogens (tertiary/aromatic N) is 1. The molecule has 1 aromatic rings. The highest BCUT2D eigenvalue weighted by atomic mass is 32.1. The summed E-state index contributed by atoms with van der Waals surface area (Å²) in [6.45, 7) is 11.8. The molecule has 2 heterocycles. The van der Waals surface area contributed by atoms with E-state index in [2.05, 4.69) is 26.5 Å². The number of anilines is 1. The van der Waals surface area contributed by atoms with Crippen molar-refractivity contribution in [2.45, 2.75) is 83.5 Å². The van der Waals surface area contributed by atoms with Crippen molar-refractivity contribution in [3.8, 4) is 0 Å². The zero-order valence-corrected chi connectivity index (χ0v) is 23.4. The van der Waals surface area contributed by atoms with Crippen LogP contribution in [0.4, 0.5) is 5.69 Å². The molecule has 1 saturated carbocycles. The number of aliphatic hydroxyl groups is 1. The van der Waals surface area contributed by atoms with Gasteiger partial charge in [0.25, 0.3) is 0 Å². The molecule has 1 saturated heterocycles. The van der Waals surface area contributed by atoms with Crippen molar-refractivity contribution in [1.29, 1.82) is 0 Å². The third-order valence-corrected chi connectivity index (χ3v) is 9.36. The van der Waals surface area contributed by atoms with Gasteiger partial charge >= 0.3 is 5.97 Å². The topological polar surface area (TPSA) is 85.3 Å². The Bertz CT molecular complexity index is 1030. The van der Waals surface area contributed by atoms with Crippen LogP contribution in [-0.2, 0) is 19.0 Å². The summed E-state index contributed by atoms with van der Waals surface area (Å²) in [6.07, 6.45) is 6.95. The smallest absolute Gasteiger partial charge is 0.350 e. The molecule has 1 aliphatic heterocycles. The molecular weight excluding hydrogens is 490 g/mol. The highest BCUT2D eigenvalue weighted by Crippen LogP contribution is 2.42. The number of hydrogen-bond donors (Lipinski definition) is 1. The second-order valence-corrected chi connectivity index (χ2v) is 12.2. The van der Waals surface area contributed by atoms with Crippen molar-refractivity contribution in [2.24, 2.45) is 11.8 Å². The monoisotopic (exact) mass is 531 g/mol. The van der Waals surface area contributed by atoms with E-state index >= 15 is 0 Å². The van der Waals surface area contributed by atoms with Crippen LogP contribution in [0.5, 0.6) is 0 Å². The molecule has 204 valence electrons. The number of esters is 1. The third-order valence-electron chi connectivity index (χ3n) is 8.10. The Morgan fingerprint density at radius 3 is 2.62 bits per heavy atom. The van der Waals surface area contributed by atoms with E-state index in [4.69, 9.17) is 14.2 Å². The maximum Gasteiger partial charge on any atom is 0.350 e. The molecule has 7 nitrogen and oxygen atoms in total. The van der Waals surface area contributed by atoms with E-state index < -0.39 is 11.6 Å². The van der Waals surface area contributed by atoms with Crippen molar-refractivity contribution in [3.63, 3.8) is 0 Å². The first kappa shape index (κ1) is 28.0. The van der Waals surface area contributed by atoms with Crippen LogP contribution in [0.1, 0.15) is 80.3 Å². The fourth-order valence-electron chi connectivity index (χ4n) is 5.78. The molecule has 0 unspecified atom stereocenters. The summed E-state index contributed by atoms with van der Waals surface area (Å²) in [5.74, 6) is -0.350. The molecule has 37 heavy (non-hydrogen) atoms. The number of ether oxygens (including phenoxy) is 3. The predicted octanol–water partition coefficient (Wildman–Crippen LogP) is 5.37. The van der Waals surface area contributed by atoms with Crippen molar-refractivity contribution in [3.05, 3.63) is 34.0 Å². The van der Waals surface area contributed by atoms with Gasteiger partial charge in [0.2, 0.25) is 5.91 Å². The third kappa shape index (κ3) is 6.36. The number of carbonyl (C=O) groups is 2. The number of allylic oxidation sites excluding steroid dienone is 3. The van der Waals surface area contributed by atoms with Crippen LogP contribution in [0, 0.1) is 11.8 Å². The van der Waals surface area contributed by atoms with Gasteiger partial charge in [0.15, 0.2) is 0 Å². The number of carbonyl (C=O) groups excluding carboxylic acids is 2. The fraction of sp³-hybridized carbons (Fsp3) is 0.655. The minimum absolute atomic E-state index is 0.0399. The largest absolute Gasteiger partial charge is 0.465 e. The molecule has 0 radical (unpaired) electrons. The molecule has 3 atom stereocenters. The number of rotatable bonds is 8. The molecule has 0 spiro atoms. The maximum atomic E-state index is 14.2. The summed E-state index contributed by atoms with van der Waals surface area (Å²) < 4.78 is 16.5. The molecule has 3 aliphatic rings. The maximum absolute atomic E-state index is 14.2. The first-order valence-corrected chi connectivity index (χ1v) is 14.2. The van der Waals surface area contributed by atoms with E-state index in [0.717, 1.165) is 23.3 Å². The van der Waals surface area contributed by atoms with Crippen LogP contribution in [0.2, 0.25) is 0 Å². The minimum atomic E-state index is -0.922. The molecule has 1 N–H and O–H groups in total. The molecule has 8 heteroatoms. The van der Waals surface area contributed by atoms with Gasteiger partial charge in [0.1, 0.15) is 4.88 Å².